The second-order valence-electron chi connectivity index (χ2n) is 3.30. The molecule has 0 bridgehead atoms. The van der Waals surface area contributed by atoms with Crippen molar-refractivity contribution < 1.29 is 0 Å². The Morgan fingerprint density at radius 3 is 2.17 bits per heavy atom. The van der Waals surface area contributed by atoms with Crippen LogP contribution in [0, 0.1) is 5.92 Å². The van der Waals surface area contributed by atoms with Gasteiger partial charge in [-0.25, -0.2) is 0 Å². The first-order valence-corrected chi connectivity index (χ1v) is 5.16. The van der Waals surface area contributed by atoms with Crippen LogP contribution in [0.3, 0.4) is 0 Å². The highest BCUT2D eigenvalue weighted by atomic mass is 15.1. The van der Waals surface area contributed by atoms with Crippen molar-refractivity contribution in [2.45, 2.75) is 26.7 Å². The number of likely N-dealkylation sites (tertiary alicyclic amines) is 1. The molecule has 12 heavy (non-hydrogen) atoms. The van der Waals surface area contributed by atoms with Gasteiger partial charge in [0, 0.05) is 0 Å². The molecule has 0 radical (unpaired) electrons. The molecule has 0 atom stereocenters. The highest BCUT2D eigenvalue weighted by molar-refractivity contribution is 4.70. The van der Waals surface area contributed by atoms with E-state index in [1.165, 1.54) is 32.5 Å². The lowest BCUT2D eigenvalue weighted by atomic mass is 9.97. The third-order valence-electron chi connectivity index (χ3n) is 2.33. The molecule has 0 spiro atoms. The van der Waals surface area contributed by atoms with E-state index >= 15 is 0 Å². The minimum absolute atomic E-state index is 0.932. The smallest absolute Gasteiger partial charge is 0.00187 e. The standard InChI is InChI=1S/C8H18N2.C2H6/c1-9-7-8-3-5-10(2)6-4-8;1-2/h8-9H,3-7H2,1-2H3;1-2H3. The van der Waals surface area contributed by atoms with Crippen LogP contribution in [0.2, 0.25) is 0 Å². The molecular weight excluding hydrogens is 148 g/mol. The monoisotopic (exact) mass is 172 g/mol. The van der Waals surface area contributed by atoms with Gasteiger partial charge in [-0.3, -0.25) is 0 Å². The summed E-state index contributed by atoms with van der Waals surface area (Å²) in [6.45, 7) is 7.77. The lowest BCUT2D eigenvalue weighted by molar-refractivity contribution is 0.218. The van der Waals surface area contributed by atoms with Gasteiger partial charge >= 0.3 is 0 Å². The molecule has 0 aromatic rings. The molecule has 2 nitrogen and oxygen atoms in total. The highest BCUT2D eigenvalue weighted by Gasteiger charge is 2.14. The van der Waals surface area contributed by atoms with Gasteiger partial charge in [0.25, 0.3) is 0 Å². The highest BCUT2D eigenvalue weighted by Crippen LogP contribution is 2.14. The Morgan fingerprint density at radius 1 is 1.25 bits per heavy atom. The normalized spacial score (nSPS) is 20.0. The van der Waals surface area contributed by atoms with Gasteiger partial charge in [0.05, 0.1) is 0 Å². The first-order valence-electron chi connectivity index (χ1n) is 5.16. The molecule has 0 aliphatic carbocycles. The second-order valence-corrected chi connectivity index (χ2v) is 3.30. The molecule has 0 saturated carbocycles. The van der Waals surface area contributed by atoms with Crippen molar-refractivity contribution >= 4 is 0 Å². The number of hydrogen-bond donors (Lipinski definition) is 1. The Balaban J connectivity index is 0.000000561. The van der Waals surface area contributed by atoms with Crippen LogP contribution in [0.1, 0.15) is 26.7 Å². The summed E-state index contributed by atoms with van der Waals surface area (Å²) < 4.78 is 0. The zero-order valence-electron chi connectivity index (χ0n) is 9.06. The number of hydrogen-bond acceptors (Lipinski definition) is 2. The van der Waals surface area contributed by atoms with E-state index in [1.807, 2.05) is 20.9 Å². The van der Waals surface area contributed by atoms with Crippen molar-refractivity contribution in [2.75, 3.05) is 33.7 Å². The van der Waals surface area contributed by atoms with Gasteiger partial charge in [-0.2, -0.15) is 0 Å². The Labute approximate surface area is 77.3 Å². The molecule has 2 heteroatoms. The van der Waals surface area contributed by atoms with Crippen LogP contribution in [0.25, 0.3) is 0 Å². The number of rotatable bonds is 2. The van der Waals surface area contributed by atoms with Gasteiger partial charge in [-0.15, -0.1) is 0 Å². The molecule has 1 fully saturated rings. The van der Waals surface area contributed by atoms with E-state index in [9.17, 15) is 0 Å². The summed E-state index contributed by atoms with van der Waals surface area (Å²) in [5.41, 5.74) is 0. The molecule has 1 aliphatic heterocycles. The lowest BCUT2D eigenvalue weighted by Gasteiger charge is -2.28. The van der Waals surface area contributed by atoms with Crippen LogP contribution in [0.4, 0.5) is 0 Å². The van der Waals surface area contributed by atoms with Gasteiger partial charge in [0.2, 0.25) is 0 Å². The van der Waals surface area contributed by atoms with Crippen molar-refractivity contribution in [3.05, 3.63) is 0 Å². The first kappa shape index (κ1) is 11.9. The summed E-state index contributed by atoms with van der Waals surface area (Å²) in [6.07, 6.45) is 2.74. The molecule has 1 rings (SSSR count). The topological polar surface area (TPSA) is 15.3 Å². The van der Waals surface area contributed by atoms with Gasteiger partial charge in [0.15, 0.2) is 0 Å². The molecule has 0 amide bonds. The molecule has 1 aliphatic rings. The lowest BCUT2D eigenvalue weighted by Crippen LogP contribution is -2.34. The second kappa shape index (κ2) is 7.56. The van der Waals surface area contributed by atoms with E-state index in [0.29, 0.717) is 0 Å². The van der Waals surface area contributed by atoms with E-state index in [0.717, 1.165) is 5.92 Å². The number of piperidine rings is 1. The van der Waals surface area contributed by atoms with Crippen LogP contribution in [0.5, 0.6) is 0 Å². The summed E-state index contributed by atoms with van der Waals surface area (Å²) in [6, 6.07) is 0. The van der Waals surface area contributed by atoms with E-state index in [4.69, 9.17) is 0 Å². The summed E-state index contributed by atoms with van der Waals surface area (Å²) in [5, 5.41) is 3.23. The van der Waals surface area contributed by atoms with Crippen molar-refractivity contribution in [1.29, 1.82) is 0 Å². The van der Waals surface area contributed by atoms with Gasteiger partial charge < -0.3 is 10.2 Å². The largest absolute Gasteiger partial charge is 0.319 e. The minimum atomic E-state index is 0.932. The summed E-state index contributed by atoms with van der Waals surface area (Å²) in [4.78, 5) is 2.41. The maximum absolute atomic E-state index is 3.23. The van der Waals surface area contributed by atoms with E-state index < -0.39 is 0 Å². The van der Waals surface area contributed by atoms with Crippen molar-refractivity contribution in [3.63, 3.8) is 0 Å². The molecule has 0 unspecified atom stereocenters. The van der Waals surface area contributed by atoms with Gasteiger partial charge in [-0.1, -0.05) is 13.8 Å². The predicted molar refractivity (Wildman–Crippen MR) is 55.5 cm³/mol. The molecule has 1 heterocycles. The van der Waals surface area contributed by atoms with Crippen LogP contribution < -0.4 is 5.32 Å². The van der Waals surface area contributed by atoms with Gasteiger partial charge in [-0.05, 0) is 52.5 Å². The van der Waals surface area contributed by atoms with Crippen LogP contribution in [0.15, 0.2) is 0 Å². The number of nitrogens with zero attached hydrogens (tertiary/aromatic N) is 1. The van der Waals surface area contributed by atoms with Crippen LogP contribution in [-0.4, -0.2) is 38.6 Å². The Kier molecular flexibility index (Phi) is 7.51. The zero-order chi connectivity index (χ0) is 9.40. The molecular formula is C10H24N2. The minimum Gasteiger partial charge on any atom is -0.319 e. The molecule has 0 aromatic heterocycles. The third kappa shape index (κ3) is 4.73. The van der Waals surface area contributed by atoms with E-state index in [1.54, 1.807) is 0 Å². The quantitative estimate of drug-likeness (QED) is 0.680. The fourth-order valence-corrected chi connectivity index (χ4v) is 1.55. The Hall–Kier alpha value is -0.0800. The fourth-order valence-electron chi connectivity index (χ4n) is 1.55. The van der Waals surface area contributed by atoms with Crippen LogP contribution in [-0.2, 0) is 0 Å². The van der Waals surface area contributed by atoms with Crippen molar-refractivity contribution in [1.82, 2.24) is 10.2 Å². The summed E-state index contributed by atoms with van der Waals surface area (Å²) >= 11 is 0. The maximum atomic E-state index is 3.23. The summed E-state index contributed by atoms with van der Waals surface area (Å²) in [5.74, 6) is 0.932. The summed E-state index contributed by atoms with van der Waals surface area (Å²) in [7, 11) is 4.24. The fraction of sp³-hybridized carbons (Fsp3) is 1.00. The Bertz CT molecular complexity index is 85.8. The van der Waals surface area contributed by atoms with Crippen molar-refractivity contribution in [2.24, 2.45) is 5.92 Å². The third-order valence-corrected chi connectivity index (χ3v) is 2.33. The first-order chi connectivity index (χ1) is 5.83. The molecule has 1 saturated heterocycles. The van der Waals surface area contributed by atoms with Gasteiger partial charge in [0.1, 0.15) is 0 Å². The maximum Gasteiger partial charge on any atom is -0.00187 e. The predicted octanol–water partition coefficient (Wildman–Crippen LogP) is 1.57. The van der Waals surface area contributed by atoms with Crippen LogP contribution >= 0.6 is 0 Å². The average molecular weight is 172 g/mol. The average Bonchev–Trinajstić information content (AvgIpc) is 2.13. The van der Waals surface area contributed by atoms with E-state index in [2.05, 4.69) is 17.3 Å². The molecule has 74 valence electrons. The zero-order valence-corrected chi connectivity index (χ0v) is 9.06. The van der Waals surface area contributed by atoms with Crippen molar-refractivity contribution in [3.8, 4) is 0 Å². The SMILES string of the molecule is CC.CNCC1CCN(C)CC1. The molecule has 1 N–H and O–H groups in total. The number of nitrogens with one attached hydrogen (secondary N) is 1. The molecule has 0 aromatic carbocycles. The van der Waals surface area contributed by atoms with E-state index in [-0.39, 0.29) is 0 Å². The Morgan fingerprint density at radius 2 is 1.75 bits per heavy atom.